The molecule has 0 aliphatic heterocycles. The van der Waals surface area contributed by atoms with E-state index in [4.69, 9.17) is 0 Å². The van der Waals surface area contributed by atoms with Crippen LogP contribution in [0.1, 0.15) is 0 Å². The molecule has 1 heteroatoms. The fraction of sp³-hybridized carbons (Fsp3) is 0. The van der Waals surface area contributed by atoms with Crippen LogP contribution in [0.15, 0.2) is 249 Å². The second-order valence-corrected chi connectivity index (χ2v) is 15.6. The lowest BCUT2D eigenvalue weighted by Gasteiger charge is -2.27. The van der Waals surface area contributed by atoms with E-state index in [1.54, 1.807) is 0 Å². The first-order chi connectivity index (χ1) is 30.3. The number of hydrogen-bond donors (Lipinski definition) is 0. The Morgan fingerprint density at radius 3 is 1.05 bits per heavy atom. The number of fused-ring (bicyclic) bond motifs is 4. The highest BCUT2D eigenvalue weighted by Gasteiger charge is 2.20. The van der Waals surface area contributed by atoms with E-state index in [1.165, 1.54) is 88.0 Å². The molecule has 0 unspecified atom stereocenters. The maximum Gasteiger partial charge on any atom is 0.0462 e. The van der Waals surface area contributed by atoms with E-state index in [9.17, 15) is 0 Å². The van der Waals surface area contributed by atoms with E-state index in [2.05, 4.69) is 254 Å². The van der Waals surface area contributed by atoms with Gasteiger partial charge in [0.2, 0.25) is 0 Å². The summed E-state index contributed by atoms with van der Waals surface area (Å²) in [5.41, 5.74) is 15.4. The van der Waals surface area contributed by atoms with E-state index in [0.717, 1.165) is 17.1 Å². The Bertz CT molecular complexity index is 3300. The fourth-order valence-corrected chi connectivity index (χ4v) is 9.22. The quantitative estimate of drug-likeness (QED) is 0.139. The highest BCUT2D eigenvalue weighted by atomic mass is 15.1. The zero-order valence-electron chi connectivity index (χ0n) is 33.6. The SMILES string of the molecule is c1ccc(-c2ccc(N(c3ccc(-c4c(-c5ccccc5)ccc5ccccc45)cc3)c3ccc(-c4c(-c5ccccc5)c5ccccc5c5ccccc45)cc3)cc2)cc1. The summed E-state index contributed by atoms with van der Waals surface area (Å²) in [4.78, 5) is 2.38. The van der Waals surface area contributed by atoms with Crippen molar-refractivity contribution in [3.05, 3.63) is 249 Å². The van der Waals surface area contributed by atoms with Gasteiger partial charge in [-0.25, -0.2) is 0 Å². The van der Waals surface area contributed by atoms with E-state index in [-0.39, 0.29) is 0 Å². The predicted octanol–water partition coefficient (Wildman–Crippen LogP) is 17.0. The van der Waals surface area contributed by atoms with Crippen molar-refractivity contribution in [1.29, 1.82) is 0 Å². The van der Waals surface area contributed by atoms with Crippen LogP contribution >= 0.6 is 0 Å². The first-order valence-corrected chi connectivity index (χ1v) is 21.0. The molecule has 0 heterocycles. The summed E-state index contributed by atoms with van der Waals surface area (Å²) in [6, 6.07) is 90.3. The summed E-state index contributed by atoms with van der Waals surface area (Å²) >= 11 is 0. The summed E-state index contributed by atoms with van der Waals surface area (Å²) in [6.45, 7) is 0. The highest BCUT2D eigenvalue weighted by Crippen LogP contribution is 2.46. The Morgan fingerprint density at radius 2 is 0.541 bits per heavy atom. The molecule has 11 aromatic rings. The molecule has 0 radical (unpaired) electrons. The second kappa shape index (κ2) is 15.6. The Labute approximate surface area is 357 Å². The van der Waals surface area contributed by atoms with Crippen molar-refractivity contribution in [1.82, 2.24) is 0 Å². The molecule has 0 saturated carbocycles. The zero-order valence-corrected chi connectivity index (χ0v) is 33.6. The van der Waals surface area contributed by atoms with Crippen LogP contribution in [-0.4, -0.2) is 0 Å². The summed E-state index contributed by atoms with van der Waals surface area (Å²) in [6.07, 6.45) is 0. The average molecular weight is 776 g/mol. The van der Waals surface area contributed by atoms with Gasteiger partial charge in [0.15, 0.2) is 0 Å². The molecule has 11 aromatic carbocycles. The van der Waals surface area contributed by atoms with Crippen LogP contribution in [0.2, 0.25) is 0 Å². The normalized spacial score (nSPS) is 11.3. The third kappa shape index (κ3) is 6.63. The van der Waals surface area contributed by atoms with Gasteiger partial charge in [0.1, 0.15) is 0 Å². The number of anilines is 3. The fourth-order valence-electron chi connectivity index (χ4n) is 9.22. The lowest BCUT2D eigenvalue weighted by atomic mass is 9.85. The smallest absolute Gasteiger partial charge is 0.0462 e. The van der Waals surface area contributed by atoms with Crippen molar-refractivity contribution in [3.8, 4) is 55.6 Å². The minimum absolute atomic E-state index is 1.09. The number of hydrogen-bond acceptors (Lipinski definition) is 1. The van der Waals surface area contributed by atoms with Gasteiger partial charge in [0, 0.05) is 17.1 Å². The average Bonchev–Trinajstić information content (AvgIpc) is 3.35. The summed E-state index contributed by atoms with van der Waals surface area (Å²) in [5.74, 6) is 0. The van der Waals surface area contributed by atoms with E-state index < -0.39 is 0 Å². The minimum Gasteiger partial charge on any atom is -0.311 e. The topological polar surface area (TPSA) is 3.24 Å². The van der Waals surface area contributed by atoms with Gasteiger partial charge in [-0.2, -0.15) is 0 Å². The molecule has 0 N–H and O–H groups in total. The zero-order chi connectivity index (χ0) is 40.5. The van der Waals surface area contributed by atoms with Crippen molar-refractivity contribution in [2.45, 2.75) is 0 Å². The van der Waals surface area contributed by atoms with Crippen molar-refractivity contribution in [2.24, 2.45) is 0 Å². The molecular formula is C60H41N. The maximum atomic E-state index is 2.38. The van der Waals surface area contributed by atoms with Gasteiger partial charge in [-0.1, -0.05) is 212 Å². The first-order valence-electron chi connectivity index (χ1n) is 21.0. The molecule has 0 fully saturated rings. The molecule has 11 rings (SSSR count). The molecule has 0 bridgehead atoms. The van der Waals surface area contributed by atoms with Crippen LogP contribution in [0.25, 0.3) is 88.0 Å². The van der Waals surface area contributed by atoms with Crippen LogP contribution in [-0.2, 0) is 0 Å². The minimum atomic E-state index is 1.09. The standard InChI is InChI=1S/C60H41N/c1-4-16-42(17-5-1)43-28-35-49(36-29-43)61(50-37-30-47(31-38-50)58-52-23-11-10-20-45(52)34-41-53(58)44-18-6-2-7-19-44)51-39-32-48(33-40-51)60-57-27-15-13-25-55(57)54-24-12-14-26-56(54)59(60)46-21-8-3-9-22-46/h1-41H. The molecule has 0 aliphatic carbocycles. The largest absolute Gasteiger partial charge is 0.311 e. The van der Waals surface area contributed by atoms with Gasteiger partial charge in [0.05, 0.1) is 0 Å². The molecule has 286 valence electrons. The van der Waals surface area contributed by atoms with Gasteiger partial charge in [0.25, 0.3) is 0 Å². The monoisotopic (exact) mass is 775 g/mol. The summed E-state index contributed by atoms with van der Waals surface area (Å²) in [5, 5.41) is 7.52. The number of rotatable bonds is 8. The predicted molar refractivity (Wildman–Crippen MR) is 261 cm³/mol. The Kier molecular flexibility index (Phi) is 9.26. The van der Waals surface area contributed by atoms with Gasteiger partial charge >= 0.3 is 0 Å². The molecule has 0 atom stereocenters. The maximum absolute atomic E-state index is 2.38. The van der Waals surface area contributed by atoms with Crippen LogP contribution in [0.5, 0.6) is 0 Å². The van der Waals surface area contributed by atoms with Crippen molar-refractivity contribution in [3.63, 3.8) is 0 Å². The van der Waals surface area contributed by atoms with Gasteiger partial charge < -0.3 is 4.90 Å². The van der Waals surface area contributed by atoms with Crippen LogP contribution in [0.4, 0.5) is 17.1 Å². The highest BCUT2D eigenvalue weighted by molar-refractivity contribution is 6.21. The number of nitrogens with zero attached hydrogens (tertiary/aromatic N) is 1. The summed E-state index contributed by atoms with van der Waals surface area (Å²) in [7, 11) is 0. The third-order valence-corrected chi connectivity index (χ3v) is 12.1. The van der Waals surface area contributed by atoms with Gasteiger partial charge in [-0.15, -0.1) is 0 Å². The van der Waals surface area contributed by atoms with E-state index in [0.29, 0.717) is 0 Å². The van der Waals surface area contributed by atoms with Crippen LogP contribution in [0, 0.1) is 0 Å². The van der Waals surface area contributed by atoms with Gasteiger partial charge in [-0.05, 0) is 124 Å². The third-order valence-electron chi connectivity index (χ3n) is 12.1. The van der Waals surface area contributed by atoms with E-state index >= 15 is 0 Å². The van der Waals surface area contributed by atoms with Crippen LogP contribution in [0.3, 0.4) is 0 Å². The second-order valence-electron chi connectivity index (χ2n) is 15.6. The Morgan fingerprint density at radius 1 is 0.197 bits per heavy atom. The Balaban J connectivity index is 1.06. The number of benzene rings is 11. The van der Waals surface area contributed by atoms with E-state index in [1.807, 2.05) is 0 Å². The van der Waals surface area contributed by atoms with Gasteiger partial charge in [-0.3, -0.25) is 0 Å². The summed E-state index contributed by atoms with van der Waals surface area (Å²) < 4.78 is 0. The molecule has 0 spiro atoms. The molecule has 0 aromatic heterocycles. The molecule has 1 nitrogen and oxygen atoms in total. The van der Waals surface area contributed by atoms with Crippen molar-refractivity contribution < 1.29 is 0 Å². The van der Waals surface area contributed by atoms with Crippen molar-refractivity contribution in [2.75, 3.05) is 4.90 Å². The first kappa shape index (κ1) is 36.1. The molecular weight excluding hydrogens is 735 g/mol. The lowest BCUT2D eigenvalue weighted by Crippen LogP contribution is -2.09. The van der Waals surface area contributed by atoms with Crippen LogP contribution < -0.4 is 4.90 Å². The molecule has 0 saturated heterocycles. The molecule has 0 amide bonds. The molecule has 61 heavy (non-hydrogen) atoms. The molecule has 0 aliphatic rings. The lowest BCUT2D eigenvalue weighted by molar-refractivity contribution is 1.28. The Hall–Kier alpha value is -8.00. The van der Waals surface area contributed by atoms with Crippen molar-refractivity contribution >= 4 is 49.4 Å².